The Morgan fingerprint density at radius 1 is 1.22 bits per heavy atom. The largest absolute Gasteiger partial charge is 0.381 e. The van der Waals surface area contributed by atoms with Crippen molar-refractivity contribution in [3.8, 4) is 0 Å². The molecule has 1 amide bonds. The molecule has 144 valence electrons. The molecule has 5 rings (SSSR count). The number of carbonyl (C=O) groups excluding carboxylic acids is 1. The Labute approximate surface area is 157 Å². The lowest BCUT2D eigenvalue weighted by molar-refractivity contribution is -0.117. The van der Waals surface area contributed by atoms with Gasteiger partial charge in [0, 0.05) is 51.4 Å². The Balaban J connectivity index is 1.14. The topological polar surface area (TPSA) is 89.5 Å². The third-order valence-corrected chi connectivity index (χ3v) is 5.70. The zero-order valence-electron chi connectivity index (χ0n) is 15.3. The number of hydrogen-bond donors (Lipinski definition) is 0. The van der Waals surface area contributed by atoms with Crippen molar-refractivity contribution in [1.82, 2.24) is 24.8 Å². The number of ether oxygens (including phenoxy) is 1. The summed E-state index contributed by atoms with van der Waals surface area (Å²) in [6, 6.07) is 0.332. The van der Waals surface area contributed by atoms with Gasteiger partial charge in [0.05, 0.1) is 24.5 Å². The highest BCUT2D eigenvalue weighted by atomic mass is 16.5. The quantitative estimate of drug-likeness (QED) is 0.782. The molecule has 5 heterocycles. The fraction of sp³-hybridized carbons (Fsp3) is 0.667. The third-order valence-electron chi connectivity index (χ3n) is 5.70. The van der Waals surface area contributed by atoms with E-state index in [4.69, 9.17) is 9.26 Å². The Morgan fingerprint density at radius 3 is 2.85 bits per heavy atom. The van der Waals surface area contributed by atoms with E-state index in [1.54, 1.807) is 6.20 Å². The van der Waals surface area contributed by atoms with E-state index in [0.29, 0.717) is 24.9 Å². The van der Waals surface area contributed by atoms with E-state index < -0.39 is 0 Å². The van der Waals surface area contributed by atoms with Gasteiger partial charge >= 0.3 is 0 Å². The average Bonchev–Trinajstić information content (AvgIpc) is 3.39. The molecule has 0 bridgehead atoms. The van der Waals surface area contributed by atoms with Gasteiger partial charge in [0.25, 0.3) is 0 Å². The van der Waals surface area contributed by atoms with Crippen LogP contribution in [0.5, 0.6) is 0 Å². The van der Waals surface area contributed by atoms with Crippen molar-refractivity contribution in [2.24, 2.45) is 0 Å². The molecule has 0 saturated carbocycles. The van der Waals surface area contributed by atoms with Crippen molar-refractivity contribution in [3.63, 3.8) is 0 Å². The molecule has 0 aromatic carbocycles. The van der Waals surface area contributed by atoms with Gasteiger partial charge in [-0.3, -0.25) is 14.4 Å². The Hall–Kier alpha value is -2.26. The summed E-state index contributed by atoms with van der Waals surface area (Å²) in [6.45, 7) is 4.83. The zero-order valence-corrected chi connectivity index (χ0v) is 15.3. The van der Waals surface area contributed by atoms with Crippen LogP contribution in [-0.4, -0.2) is 63.6 Å². The van der Waals surface area contributed by atoms with Gasteiger partial charge in [-0.15, -0.1) is 0 Å². The summed E-state index contributed by atoms with van der Waals surface area (Å²) in [5.74, 6) is 2.03. The van der Waals surface area contributed by atoms with Crippen molar-refractivity contribution in [2.45, 2.75) is 44.2 Å². The fourth-order valence-corrected chi connectivity index (χ4v) is 4.07. The number of hydrogen-bond acceptors (Lipinski definition) is 7. The van der Waals surface area contributed by atoms with Crippen LogP contribution >= 0.6 is 0 Å². The van der Waals surface area contributed by atoms with Crippen LogP contribution in [0.4, 0.5) is 5.69 Å². The number of carbonyl (C=O) groups is 1. The van der Waals surface area contributed by atoms with Gasteiger partial charge in [0.15, 0.2) is 5.82 Å². The summed E-state index contributed by atoms with van der Waals surface area (Å²) in [5, 5.41) is 8.60. The van der Waals surface area contributed by atoms with Crippen molar-refractivity contribution in [1.29, 1.82) is 0 Å². The van der Waals surface area contributed by atoms with Crippen LogP contribution in [0.1, 0.15) is 49.4 Å². The second kappa shape index (κ2) is 7.05. The van der Waals surface area contributed by atoms with E-state index in [0.717, 1.165) is 69.5 Å². The maximum absolute atomic E-state index is 11.9. The molecule has 3 fully saturated rings. The summed E-state index contributed by atoms with van der Waals surface area (Å²) >= 11 is 0. The number of rotatable bonds is 5. The van der Waals surface area contributed by atoms with Gasteiger partial charge in [-0.05, 0) is 19.3 Å². The predicted octanol–water partition coefficient (Wildman–Crippen LogP) is 1.34. The van der Waals surface area contributed by atoms with E-state index in [9.17, 15) is 4.79 Å². The second-order valence-corrected chi connectivity index (χ2v) is 7.61. The molecule has 27 heavy (non-hydrogen) atoms. The Bertz CT molecular complexity index is 806. The lowest BCUT2D eigenvalue weighted by Crippen LogP contribution is -2.47. The van der Waals surface area contributed by atoms with Crippen LogP contribution in [0, 0.1) is 0 Å². The Morgan fingerprint density at radius 2 is 2.07 bits per heavy atom. The molecule has 0 spiro atoms. The van der Waals surface area contributed by atoms with Crippen molar-refractivity contribution < 1.29 is 14.1 Å². The van der Waals surface area contributed by atoms with Crippen molar-refractivity contribution in [2.75, 3.05) is 37.7 Å². The molecular formula is C18H24N6O3. The molecule has 9 heteroatoms. The first kappa shape index (κ1) is 16.9. The summed E-state index contributed by atoms with van der Waals surface area (Å²) in [5.41, 5.74) is 0.912. The molecule has 0 aliphatic carbocycles. The van der Waals surface area contributed by atoms with Crippen LogP contribution in [0.2, 0.25) is 0 Å². The number of anilines is 1. The highest BCUT2D eigenvalue weighted by molar-refractivity contribution is 5.95. The molecule has 0 atom stereocenters. The van der Waals surface area contributed by atoms with E-state index in [2.05, 4.69) is 20.1 Å². The van der Waals surface area contributed by atoms with Gasteiger partial charge in [0.2, 0.25) is 11.8 Å². The molecule has 2 aromatic rings. The third kappa shape index (κ3) is 3.37. The summed E-state index contributed by atoms with van der Waals surface area (Å²) < 4.78 is 12.8. The Kier molecular flexibility index (Phi) is 4.41. The number of amides is 1. The molecular weight excluding hydrogens is 348 g/mol. The highest BCUT2D eigenvalue weighted by Gasteiger charge is 2.31. The first-order valence-corrected chi connectivity index (χ1v) is 9.73. The lowest BCUT2D eigenvalue weighted by Gasteiger charge is -2.38. The van der Waals surface area contributed by atoms with Crippen LogP contribution < -0.4 is 4.90 Å². The van der Waals surface area contributed by atoms with Gasteiger partial charge in [-0.1, -0.05) is 5.16 Å². The number of likely N-dealkylation sites (tertiary alicyclic amines) is 1. The maximum atomic E-state index is 11.9. The van der Waals surface area contributed by atoms with Gasteiger partial charge in [0.1, 0.15) is 0 Å². The summed E-state index contributed by atoms with van der Waals surface area (Å²) in [4.78, 5) is 20.6. The summed E-state index contributed by atoms with van der Waals surface area (Å²) in [6.07, 6.45) is 7.27. The number of nitrogens with zero attached hydrogens (tertiary/aromatic N) is 6. The highest BCUT2D eigenvalue weighted by Crippen LogP contribution is 2.28. The minimum atomic E-state index is 0.197. The molecule has 9 nitrogen and oxygen atoms in total. The minimum absolute atomic E-state index is 0.197. The molecule has 3 saturated heterocycles. The molecule has 0 radical (unpaired) electrons. The van der Waals surface area contributed by atoms with Gasteiger partial charge < -0.3 is 14.2 Å². The normalized spacial score (nSPS) is 22.5. The average molecular weight is 372 g/mol. The van der Waals surface area contributed by atoms with Gasteiger partial charge in [-0.2, -0.15) is 10.1 Å². The first-order valence-electron chi connectivity index (χ1n) is 9.73. The monoisotopic (exact) mass is 372 g/mol. The molecule has 0 unspecified atom stereocenters. The number of aromatic nitrogens is 4. The van der Waals surface area contributed by atoms with E-state index in [1.165, 1.54) is 0 Å². The molecule has 3 aliphatic heterocycles. The van der Waals surface area contributed by atoms with Crippen LogP contribution in [0.3, 0.4) is 0 Å². The lowest BCUT2D eigenvalue weighted by atomic mass is 10.0. The first-order chi connectivity index (χ1) is 13.3. The van der Waals surface area contributed by atoms with E-state index in [-0.39, 0.29) is 5.91 Å². The molecule has 0 N–H and O–H groups in total. The van der Waals surface area contributed by atoms with Crippen molar-refractivity contribution >= 4 is 11.6 Å². The SMILES string of the molecule is O=C1CCCN1c1cnn(C2CN(Cc3noc(C4CCOCC4)n3)C2)c1. The molecule has 3 aliphatic rings. The van der Waals surface area contributed by atoms with Gasteiger partial charge in [-0.25, -0.2) is 0 Å². The minimum Gasteiger partial charge on any atom is -0.381 e. The van der Waals surface area contributed by atoms with E-state index in [1.807, 2.05) is 15.8 Å². The summed E-state index contributed by atoms with van der Waals surface area (Å²) in [7, 11) is 0. The maximum Gasteiger partial charge on any atom is 0.229 e. The zero-order chi connectivity index (χ0) is 18.2. The fourth-order valence-electron chi connectivity index (χ4n) is 4.07. The van der Waals surface area contributed by atoms with Crippen LogP contribution in [-0.2, 0) is 16.1 Å². The second-order valence-electron chi connectivity index (χ2n) is 7.61. The van der Waals surface area contributed by atoms with Crippen molar-refractivity contribution in [3.05, 3.63) is 24.1 Å². The standard InChI is InChI=1S/C18H24N6O3/c25-17-2-1-5-23(17)14-8-19-24(11-14)15-9-22(10-15)12-16-20-18(27-21-16)13-3-6-26-7-4-13/h8,11,13,15H,1-7,9-10,12H2. The van der Waals surface area contributed by atoms with Crippen LogP contribution in [0.25, 0.3) is 0 Å². The van der Waals surface area contributed by atoms with E-state index >= 15 is 0 Å². The smallest absolute Gasteiger partial charge is 0.229 e. The molecule has 2 aromatic heterocycles. The predicted molar refractivity (Wildman–Crippen MR) is 95.2 cm³/mol. The van der Waals surface area contributed by atoms with Crippen LogP contribution in [0.15, 0.2) is 16.9 Å².